The Morgan fingerprint density at radius 2 is 2.23 bits per heavy atom. The maximum Gasteiger partial charge on any atom is 0.0431 e. The number of halogens is 1. The van der Waals surface area contributed by atoms with Crippen molar-refractivity contribution in [3.05, 3.63) is 34.3 Å². The SMILES string of the molecule is NC(CCCO)c1cccc(Br)c1. The van der Waals surface area contributed by atoms with E-state index in [1.807, 2.05) is 24.3 Å². The summed E-state index contributed by atoms with van der Waals surface area (Å²) in [6.45, 7) is 0.210. The van der Waals surface area contributed by atoms with E-state index in [-0.39, 0.29) is 12.6 Å². The fourth-order valence-corrected chi connectivity index (χ4v) is 1.63. The summed E-state index contributed by atoms with van der Waals surface area (Å²) in [5, 5.41) is 8.65. The van der Waals surface area contributed by atoms with Crippen molar-refractivity contribution in [2.75, 3.05) is 6.61 Å². The van der Waals surface area contributed by atoms with Gasteiger partial charge in [0.15, 0.2) is 0 Å². The number of benzene rings is 1. The van der Waals surface area contributed by atoms with Gasteiger partial charge in [-0.15, -0.1) is 0 Å². The van der Waals surface area contributed by atoms with Crippen LogP contribution in [0.4, 0.5) is 0 Å². The van der Waals surface area contributed by atoms with E-state index in [0.717, 1.165) is 22.9 Å². The molecular weight excluding hydrogens is 230 g/mol. The van der Waals surface area contributed by atoms with Crippen molar-refractivity contribution < 1.29 is 5.11 Å². The molecule has 3 N–H and O–H groups in total. The molecule has 0 radical (unpaired) electrons. The van der Waals surface area contributed by atoms with E-state index < -0.39 is 0 Å². The highest BCUT2D eigenvalue weighted by molar-refractivity contribution is 9.10. The monoisotopic (exact) mass is 243 g/mol. The van der Waals surface area contributed by atoms with Crippen molar-refractivity contribution in [3.63, 3.8) is 0 Å². The first-order valence-electron chi connectivity index (χ1n) is 4.36. The van der Waals surface area contributed by atoms with E-state index in [1.54, 1.807) is 0 Å². The predicted octanol–water partition coefficient (Wildman–Crippen LogP) is 2.22. The highest BCUT2D eigenvalue weighted by Crippen LogP contribution is 2.19. The molecular formula is C10H14BrNO. The lowest BCUT2D eigenvalue weighted by atomic mass is 10.0. The van der Waals surface area contributed by atoms with Crippen LogP contribution in [0.5, 0.6) is 0 Å². The van der Waals surface area contributed by atoms with Crippen LogP contribution in [0.2, 0.25) is 0 Å². The Hall–Kier alpha value is -0.380. The molecule has 3 heteroatoms. The lowest BCUT2D eigenvalue weighted by molar-refractivity contribution is 0.280. The Morgan fingerprint density at radius 3 is 2.85 bits per heavy atom. The van der Waals surface area contributed by atoms with E-state index in [1.165, 1.54) is 0 Å². The van der Waals surface area contributed by atoms with E-state index in [9.17, 15) is 0 Å². The van der Waals surface area contributed by atoms with Gasteiger partial charge in [0.25, 0.3) is 0 Å². The molecule has 1 atom stereocenters. The Balaban J connectivity index is 2.60. The third kappa shape index (κ3) is 3.46. The highest BCUT2D eigenvalue weighted by atomic mass is 79.9. The average molecular weight is 244 g/mol. The molecule has 0 saturated carbocycles. The number of rotatable bonds is 4. The van der Waals surface area contributed by atoms with Crippen LogP contribution < -0.4 is 5.73 Å². The minimum atomic E-state index is 0.0321. The van der Waals surface area contributed by atoms with Crippen LogP contribution in [0.15, 0.2) is 28.7 Å². The van der Waals surface area contributed by atoms with Crippen molar-refractivity contribution in [1.82, 2.24) is 0 Å². The standard InChI is InChI=1S/C10H14BrNO/c11-9-4-1-3-8(7-9)10(12)5-2-6-13/h1,3-4,7,10,13H,2,5-6,12H2. The second-order valence-corrected chi connectivity index (χ2v) is 3.94. The molecule has 0 amide bonds. The molecule has 0 aliphatic heterocycles. The lowest BCUT2D eigenvalue weighted by Crippen LogP contribution is -2.10. The van der Waals surface area contributed by atoms with Crippen LogP contribution in [-0.4, -0.2) is 11.7 Å². The predicted molar refractivity (Wildman–Crippen MR) is 57.4 cm³/mol. The van der Waals surface area contributed by atoms with Gasteiger partial charge >= 0.3 is 0 Å². The first kappa shape index (κ1) is 10.7. The third-order valence-electron chi connectivity index (χ3n) is 1.95. The summed E-state index contributed by atoms with van der Waals surface area (Å²) in [6, 6.07) is 8.00. The van der Waals surface area contributed by atoms with Gasteiger partial charge in [-0.05, 0) is 30.5 Å². The Morgan fingerprint density at radius 1 is 1.46 bits per heavy atom. The number of hydrogen-bond acceptors (Lipinski definition) is 2. The molecule has 13 heavy (non-hydrogen) atoms. The summed E-state index contributed by atoms with van der Waals surface area (Å²) >= 11 is 3.39. The van der Waals surface area contributed by atoms with Gasteiger partial charge in [0.1, 0.15) is 0 Å². The first-order chi connectivity index (χ1) is 6.24. The fourth-order valence-electron chi connectivity index (χ4n) is 1.22. The van der Waals surface area contributed by atoms with Gasteiger partial charge in [0.2, 0.25) is 0 Å². The molecule has 1 aromatic carbocycles. The van der Waals surface area contributed by atoms with Crippen LogP contribution in [0.25, 0.3) is 0 Å². The van der Waals surface area contributed by atoms with Gasteiger partial charge in [-0.2, -0.15) is 0 Å². The molecule has 0 aromatic heterocycles. The van der Waals surface area contributed by atoms with Gasteiger partial charge in [-0.3, -0.25) is 0 Å². The van der Waals surface area contributed by atoms with Gasteiger partial charge in [0.05, 0.1) is 0 Å². The maximum atomic E-state index is 8.65. The molecule has 0 heterocycles. The second-order valence-electron chi connectivity index (χ2n) is 3.03. The average Bonchev–Trinajstić information content (AvgIpc) is 2.14. The molecule has 2 nitrogen and oxygen atoms in total. The topological polar surface area (TPSA) is 46.2 Å². The molecule has 72 valence electrons. The lowest BCUT2D eigenvalue weighted by Gasteiger charge is -2.10. The van der Waals surface area contributed by atoms with Crippen LogP contribution in [0.3, 0.4) is 0 Å². The second kappa shape index (κ2) is 5.37. The van der Waals surface area contributed by atoms with Crippen LogP contribution in [0.1, 0.15) is 24.4 Å². The third-order valence-corrected chi connectivity index (χ3v) is 2.44. The summed E-state index contributed by atoms with van der Waals surface area (Å²) in [7, 11) is 0. The fraction of sp³-hybridized carbons (Fsp3) is 0.400. The first-order valence-corrected chi connectivity index (χ1v) is 5.15. The van der Waals surface area contributed by atoms with Crippen LogP contribution in [-0.2, 0) is 0 Å². The summed E-state index contributed by atoms with van der Waals surface area (Å²) in [5.74, 6) is 0. The molecule has 1 unspecified atom stereocenters. The quantitative estimate of drug-likeness (QED) is 0.853. The summed E-state index contributed by atoms with van der Waals surface area (Å²) < 4.78 is 1.05. The van der Waals surface area contributed by atoms with Crippen LogP contribution in [0, 0.1) is 0 Å². The Labute approximate surface area is 86.9 Å². The Kier molecular flexibility index (Phi) is 4.42. The molecule has 0 fully saturated rings. The van der Waals surface area contributed by atoms with E-state index in [2.05, 4.69) is 15.9 Å². The van der Waals surface area contributed by atoms with Crippen molar-refractivity contribution in [1.29, 1.82) is 0 Å². The largest absolute Gasteiger partial charge is 0.396 e. The smallest absolute Gasteiger partial charge is 0.0431 e. The normalized spacial score (nSPS) is 12.8. The summed E-state index contributed by atoms with van der Waals surface area (Å²) in [5.41, 5.74) is 7.03. The molecule has 0 aliphatic rings. The molecule has 0 aliphatic carbocycles. The molecule has 1 aromatic rings. The van der Waals surface area contributed by atoms with Crippen molar-refractivity contribution >= 4 is 15.9 Å². The van der Waals surface area contributed by atoms with Crippen molar-refractivity contribution in [3.8, 4) is 0 Å². The van der Waals surface area contributed by atoms with Gasteiger partial charge in [-0.1, -0.05) is 28.1 Å². The zero-order valence-electron chi connectivity index (χ0n) is 7.41. The molecule has 0 saturated heterocycles. The van der Waals surface area contributed by atoms with E-state index in [0.29, 0.717) is 0 Å². The van der Waals surface area contributed by atoms with Crippen molar-refractivity contribution in [2.45, 2.75) is 18.9 Å². The maximum absolute atomic E-state index is 8.65. The summed E-state index contributed by atoms with van der Waals surface area (Å²) in [6.07, 6.45) is 1.58. The van der Waals surface area contributed by atoms with E-state index >= 15 is 0 Å². The number of hydrogen-bond donors (Lipinski definition) is 2. The molecule has 0 spiro atoms. The highest BCUT2D eigenvalue weighted by Gasteiger charge is 2.04. The number of aliphatic hydroxyl groups is 1. The van der Waals surface area contributed by atoms with Gasteiger partial charge in [-0.25, -0.2) is 0 Å². The molecule has 1 rings (SSSR count). The van der Waals surface area contributed by atoms with Gasteiger partial charge in [0, 0.05) is 17.1 Å². The minimum Gasteiger partial charge on any atom is -0.396 e. The zero-order valence-corrected chi connectivity index (χ0v) is 9.00. The van der Waals surface area contributed by atoms with Crippen molar-refractivity contribution in [2.24, 2.45) is 5.73 Å². The van der Waals surface area contributed by atoms with E-state index in [4.69, 9.17) is 10.8 Å². The zero-order chi connectivity index (χ0) is 9.68. The number of aliphatic hydroxyl groups excluding tert-OH is 1. The number of nitrogens with two attached hydrogens (primary N) is 1. The minimum absolute atomic E-state index is 0.0321. The van der Waals surface area contributed by atoms with Gasteiger partial charge < -0.3 is 10.8 Å². The molecule has 0 bridgehead atoms. The Bertz CT molecular complexity index is 265. The summed E-state index contributed by atoms with van der Waals surface area (Å²) in [4.78, 5) is 0. The van der Waals surface area contributed by atoms with Crippen LogP contribution >= 0.6 is 15.9 Å².